The molecule has 158 valence electrons. The normalized spacial score (nSPS) is 15.3. The highest BCUT2D eigenvalue weighted by molar-refractivity contribution is 8.03. The van der Waals surface area contributed by atoms with Gasteiger partial charge in [0.05, 0.1) is 11.5 Å². The maximum Gasteiger partial charge on any atom is 0.406 e. The molecule has 2 amide bonds. The summed E-state index contributed by atoms with van der Waals surface area (Å²) >= 11 is 3.54. The molecule has 12 heteroatoms. The molecule has 1 saturated carbocycles. The van der Waals surface area contributed by atoms with Crippen LogP contribution in [0.5, 0.6) is 0 Å². The predicted molar refractivity (Wildman–Crippen MR) is 105 cm³/mol. The molecule has 0 spiro atoms. The maximum atomic E-state index is 12.8. The number of carbonyl (C=O) groups is 2. The topological polar surface area (TPSA) is 75.2 Å². The fourth-order valence-electron chi connectivity index (χ4n) is 2.45. The fraction of sp³-hybridized carbons (Fsp3) is 0.750. The van der Waals surface area contributed by atoms with Crippen molar-refractivity contribution in [1.29, 1.82) is 0 Å². The second kappa shape index (κ2) is 10.7. The molecule has 0 radical (unpaired) electrons. The zero-order chi connectivity index (χ0) is 20.7. The molecule has 1 N–H and O–H groups in total. The highest BCUT2D eigenvalue weighted by Crippen LogP contribution is 2.37. The monoisotopic (exact) mass is 456 g/mol. The summed E-state index contributed by atoms with van der Waals surface area (Å²) in [5.41, 5.74) is 0. The lowest BCUT2D eigenvalue weighted by molar-refractivity contribution is -0.164. The van der Waals surface area contributed by atoms with Gasteiger partial charge in [0.2, 0.25) is 11.8 Å². The summed E-state index contributed by atoms with van der Waals surface area (Å²) in [5.74, 6) is -0.395. The van der Waals surface area contributed by atoms with Crippen LogP contribution in [-0.4, -0.2) is 63.7 Å². The van der Waals surface area contributed by atoms with Gasteiger partial charge in [0.1, 0.15) is 6.54 Å². The van der Waals surface area contributed by atoms with E-state index in [1.54, 1.807) is 6.92 Å². The standard InChI is InChI=1S/C16H23F3N4O2S3/c1-3-6-20-12(24)7-26-14-21-22-15(28-14)27-8-13(25)23(9-16(17,18)19)10(2)11-4-5-11/h10-11H,3-9H2,1-2H3,(H,20,24). The van der Waals surface area contributed by atoms with Crippen LogP contribution in [0.4, 0.5) is 13.2 Å². The lowest BCUT2D eigenvalue weighted by Crippen LogP contribution is -2.46. The van der Waals surface area contributed by atoms with Gasteiger partial charge >= 0.3 is 6.18 Å². The van der Waals surface area contributed by atoms with Crippen molar-refractivity contribution in [3.63, 3.8) is 0 Å². The lowest BCUT2D eigenvalue weighted by Gasteiger charge is -2.30. The summed E-state index contributed by atoms with van der Waals surface area (Å²) in [5, 5.41) is 10.6. The average molecular weight is 457 g/mol. The van der Waals surface area contributed by atoms with Gasteiger partial charge in [-0.05, 0) is 32.1 Å². The summed E-state index contributed by atoms with van der Waals surface area (Å²) in [6.07, 6.45) is -1.85. The molecular weight excluding hydrogens is 433 g/mol. The third-order valence-electron chi connectivity index (χ3n) is 4.07. The Morgan fingerprint density at radius 3 is 2.39 bits per heavy atom. The van der Waals surface area contributed by atoms with E-state index in [4.69, 9.17) is 0 Å². The van der Waals surface area contributed by atoms with Gasteiger partial charge in [-0.15, -0.1) is 10.2 Å². The first-order chi connectivity index (χ1) is 13.2. The van der Waals surface area contributed by atoms with Crippen LogP contribution in [0.25, 0.3) is 0 Å². The van der Waals surface area contributed by atoms with Crippen molar-refractivity contribution >= 4 is 46.7 Å². The molecule has 6 nitrogen and oxygen atoms in total. The highest BCUT2D eigenvalue weighted by atomic mass is 32.2. The van der Waals surface area contributed by atoms with E-state index in [0.717, 1.165) is 35.9 Å². The molecule has 1 aromatic rings. The summed E-state index contributed by atoms with van der Waals surface area (Å²) in [7, 11) is 0. The Balaban J connectivity index is 1.83. The Labute approximate surface area is 174 Å². The number of nitrogens with zero attached hydrogens (tertiary/aromatic N) is 3. The van der Waals surface area contributed by atoms with E-state index in [-0.39, 0.29) is 23.3 Å². The van der Waals surface area contributed by atoms with Gasteiger partial charge in [-0.3, -0.25) is 9.59 Å². The van der Waals surface area contributed by atoms with Gasteiger partial charge in [-0.1, -0.05) is 41.8 Å². The third kappa shape index (κ3) is 8.16. The minimum atomic E-state index is -4.42. The van der Waals surface area contributed by atoms with Gasteiger partial charge in [0, 0.05) is 12.6 Å². The molecule has 1 atom stereocenters. The molecule has 0 saturated heterocycles. The first-order valence-electron chi connectivity index (χ1n) is 8.91. The molecule has 0 aromatic carbocycles. The van der Waals surface area contributed by atoms with Crippen LogP contribution in [0.1, 0.15) is 33.1 Å². The van der Waals surface area contributed by atoms with Crippen molar-refractivity contribution in [2.45, 2.75) is 54.0 Å². The Hall–Kier alpha value is -1.01. The molecular formula is C16H23F3N4O2S3. The van der Waals surface area contributed by atoms with Crippen molar-refractivity contribution in [3.05, 3.63) is 0 Å². The van der Waals surface area contributed by atoms with Crippen LogP contribution >= 0.6 is 34.9 Å². The number of alkyl halides is 3. The zero-order valence-electron chi connectivity index (χ0n) is 15.6. The van der Waals surface area contributed by atoms with Crippen LogP contribution in [0.15, 0.2) is 8.68 Å². The summed E-state index contributed by atoms with van der Waals surface area (Å²) in [6, 6.07) is -0.420. The van der Waals surface area contributed by atoms with E-state index < -0.39 is 24.7 Å². The van der Waals surface area contributed by atoms with Crippen molar-refractivity contribution in [1.82, 2.24) is 20.4 Å². The molecule has 1 aliphatic carbocycles. The van der Waals surface area contributed by atoms with Crippen LogP contribution in [-0.2, 0) is 9.59 Å². The molecule has 1 unspecified atom stereocenters. The third-order valence-corrected chi connectivity index (χ3v) is 7.25. The minimum Gasteiger partial charge on any atom is -0.355 e. The summed E-state index contributed by atoms with van der Waals surface area (Å²) < 4.78 is 39.6. The second-order valence-corrected chi connectivity index (χ2v) is 9.90. The first kappa shape index (κ1) is 23.3. The highest BCUT2D eigenvalue weighted by Gasteiger charge is 2.40. The van der Waals surface area contributed by atoms with Crippen LogP contribution in [0.2, 0.25) is 0 Å². The van der Waals surface area contributed by atoms with Gasteiger partial charge in [0.25, 0.3) is 0 Å². The quantitative estimate of drug-likeness (QED) is 0.514. The Bertz CT molecular complexity index is 668. The summed E-state index contributed by atoms with van der Waals surface area (Å²) in [6.45, 7) is 3.03. The molecule has 1 aliphatic rings. The van der Waals surface area contributed by atoms with Crippen LogP contribution in [0.3, 0.4) is 0 Å². The van der Waals surface area contributed by atoms with Crippen molar-refractivity contribution < 1.29 is 22.8 Å². The number of hydrogen-bond donors (Lipinski definition) is 1. The van der Waals surface area contributed by atoms with Crippen LogP contribution < -0.4 is 5.32 Å². The number of nitrogens with one attached hydrogen (secondary N) is 1. The van der Waals surface area contributed by atoms with E-state index in [9.17, 15) is 22.8 Å². The maximum absolute atomic E-state index is 12.8. The molecule has 2 rings (SSSR count). The number of carbonyl (C=O) groups excluding carboxylic acids is 2. The molecule has 0 bridgehead atoms. The number of halogens is 3. The summed E-state index contributed by atoms with van der Waals surface area (Å²) in [4.78, 5) is 24.9. The molecule has 1 heterocycles. The Morgan fingerprint density at radius 2 is 1.86 bits per heavy atom. The number of thioether (sulfide) groups is 2. The van der Waals surface area contributed by atoms with Gasteiger partial charge < -0.3 is 10.2 Å². The van der Waals surface area contributed by atoms with Crippen molar-refractivity contribution in [2.75, 3.05) is 24.6 Å². The van der Waals surface area contributed by atoms with Crippen LogP contribution in [0, 0.1) is 5.92 Å². The molecule has 1 aromatic heterocycles. The number of rotatable bonds is 11. The van der Waals surface area contributed by atoms with E-state index in [0.29, 0.717) is 15.2 Å². The Kier molecular flexibility index (Phi) is 8.87. The van der Waals surface area contributed by atoms with E-state index >= 15 is 0 Å². The number of hydrogen-bond acceptors (Lipinski definition) is 7. The molecule has 0 aliphatic heterocycles. The predicted octanol–water partition coefficient (Wildman–Crippen LogP) is 3.44. The van der Waals surface area contributed by atoms with E-state index in [1.165, 1.54) is 23.1 Å². The van der Waals surface area contributed by atoms with Crippen molar-refractivity contribution in [2.24, 2.45) is 5.92 Å². The minimum absolute atomic E-state index is 0.0942. The smallest absolute Gasteiger partial charge is 0.355 e. The van der Waals surface area contributed by atoms with Gasteiger partial charge in [-0.25, -0.2) is 0 Å². The first-order valence-corrected chi connectivity index (χ1v) is 11.7. The molecule has 1 fully saturated rings. The SMILES string of the molecule is CCCNC(=O)CSc1nnc(SCC(=O)N(CC(F)(F)F)C(C)C2CC2)s1. The number of aromatic nitrogens is 2. The Morgan fingerprint density at radius 1 is 1.25 bits per heavy atom. The fourth-order valence-corrected chi connectivity index (χ4v) is 5.18. The van der Waals surface area contributed by atoms with Gasteiger partial charge in [0.15, 0.2) is 8.68 Å². The second-order valence-electron chi connectivity index (χ2n) is 6.48. The lowest BCUT2D eigenvalue weighted by atomic mass is 10.2. The number of amides is 2. The van der Waals surface area contributed by atoms with Crippen molar-refractivity contribution in [3.8, 4) is 0 Å². The zero-order valence-corrected chi connectivity index (χ0v) is 18.1. The largest absolute Gasteiger partial charge is 0.406 e. The van der Waals surface area contributed by atoms with E-state index in [2.05, 4.69) is 15.5 Å². The molecule has 28 heavy (non-hydrogen) atoms. The average Bonchev–Trinajstić information content (AvgIpc) is 3.38. The van der Waals surface area contributed by atoms with Gasteiger partial charge in [-0.2, -0.15) is 13.2 Å². The van der Waals surface area contributed by atoms with E-state index in [1.807, 2.05) is 6.92 Å².